The Balaban J connectivity index is 2.23. The molecule has 0 aliphatic carbocycles. The molecule has 2 heterocycles. The number of esters is 1. The number of hydrogen-bond acceptors (Lipinski definition) is 8. The van der Waals surface area contributed by atoms with Crippen LogP contribution >= 0.6 is 11.8 Å². The summed E-state index contributed by atoms with van der Waals surface area (Å²) in [7, 11) is 3.15. The van der Waals surface area contributed by atoms with E-state index in [2.05, 4.69) is 15.4 Å². The molecule has 1 aromatic carbocycles. The largest absolute Gasteiger partial charge is 0.493 e. The van der Waals surface area contributed by atoms with Gasteiger partial charge in [-0.05, 0) is 25.7 Å². The van der Waals surface area contributed by atoms with Crippen molar-refractivity contribution in [3.63, 3.8) is 0 Å². The monoisotopic (exact) mass is 404 g/mol. The minimum Gasteiger partial charge on any atom is -0.493 e. The van der Waals surface area contributed by atoms with E-state index in [-0.39, 0.29) is 6.61 Å². The van der Waals surface area contributed by atoms with Crippen molar-refractivity contribution in [2.75, 3.05) is 31.9 Å². The second-order valence-corrected chi connectivity index (χ2v) is 7.20. The molecule has 0 saturated carbocycles. The van der Waals surface area contributed by atoms with Crippen LogP contribution in [-0.2, 0) is 9.53 Å². The van der Waals surface area contributed by atoms with Crippen LogP contribution in [0.4, 0.5) is 5.95 Å². The van der Waals surface area contributed by atoms with Crippen molar-refractivity contribution in [1.29, 1.82) is 0 Å². The number of nitrogens with one attached hydrogen (secondary N) is 1. The lowest BCUT2D eigenvalue weighted by molar-refractivity contribution is -0.139. The molecule has 1 aliphatic heterocycles. The van der Waals surface area contributed by atoms with E-state index in [1.165, 1.54) is 11.8 Å². The molecule has 9 heteroatoms. The maximum atomic E-state index is 12.8. The van der Waals surface area contributed by atoms with Gasteiger partial charge in [0.15, 0.2) is 11.5 Å². The molecule has 28 heavy (non-hydrogen) atoms. The molecule has 150 valence electrons. The highest BCUT2D eigenvalue weighted by Gasteiger charge is 2.37. The molecule has 8 nitrogen and oxygen atoms in total. The molecule has 1 aliphatic rings. The van der Waals surface area contributed by atoms with Crippen molar-refractivity contribution in [2.45, 2.75) is 32.0 Å². The second kappa shape index (κ2) is 8.55. The summed E-state index contributed by atoms with van der Waals surface area (Å²) in [4.78, 5) is 17.4. The number of nitrogens with zero attached hydrogens (tertiary/aromatic N) is 3. The number of carbonyl (C=O) groups excluding carboxylic acids is 1. The highest BCUT2D eigenvalue weighted by Crippen LogP contribution is 2.43. The average molecular weight is 404 g/mol. The van der Waals surface area contributed by atoms with Crippen LogP contribution < -0.4 is 14.8 Å². The summed E-state index contributed by atoms with van der Waals surface area (Å²) in [5, 5.41) is 8.43. The van der Waals surface area contributed by atoms with E-state index in [0.29, 0.717) is 33.9 Å². The maximum absolute atomic E-state index is 12.8. The van der Waals surface area contributed by atoms with Crippen molar-refractivity contribution >= 4 is 23.7 Å². The standard InChI is InChI=1S/C19H24N4O4S/c1-6-27-17(24)14-11(3)20-18-21-19(28-7-2)22-23(18)15(14)12-9-8-10-13(25-4)16(12)26-5/h8-10,15H,6-7H2,1-5H3,(H,20,21,22)/t15-/m1/s1. The van der Waals surface area contributed by atoms with Crippen LogP contribution in [0.5, 0.6) is 11.5 Å². The van der Waals surface area contributed by atoms with Crippen molar-refractivity contribution in [3.8, 4) is 11.5 Å². The molecule has 3 rings (SSSR count). The number of carbonyl (C=O) groups is 1. The van der Waals surface area contributed by atoms with Crippen LogP contribution in [0.2, 0.25) is 0 Å². The molecule has 0 saturated heterocycles. The van der Waals surface area contributed by atoms with Crippen LogP contribution in [0.3, 0.4) is 0 Å². The number of benzene rings is 1. The Morgan fingerprint density at radius 3 is 2.71 bits per heavy atom. The molecule has 0 radical (unpaired) electrons. The van der Waals surface area contributed by atoms with E-state index >= 15 is 0 Å². The van der Waals surface area contributed by atoms with Gasteiger partial charge in [-0.2, -0.15) is 4.98 Å². The van der Waals surface area contributed by atoms with Crippen molar-refractivity contribution in [3.05, 3.63) is 35.0 Å². The van der Waals surface area contributed by atoms with Crippen LogP contribution in [0.1, 0.15) is 32.4 Å². The Bertz CT molecular complexity index is 909. The van der Waals surface area contributed by atoms with Gasteiger partial charge in [-0.3, -0.25) is 0 Å². The number of aromatic nitrogens is 3. The zero-order valence-electron chi connectivity index (χ0n) is 16.6. The number of hydrogen-bond donors (Lipinski definition) is 1. The number of allylic oxidation sites excluding steroid dienone is 1. The van der Waals surface area contributed by atoms with Gasteiger partial charge in [-0.25, -0.2) is 9.48 Å². The third-order valence-electron chi connectivity index (χ3n) is 4.33. The number of ether oxygens (including phenoxy) is 3. The van der Waals surface area contributed by atoms with E-state index in [1.807, 2.05) is 32.0 Å². The SMILES string of the molecule is CCOC(=O)C1=C(C)Nc2nc(SCC)nn2[C@@H]1c1cccc(OC)c1OC. The zero-order chi connectivity index (χ0) is 20.3. The Hall–Kier alpha value is -2.68. The number of rotatable bonds is 7. The summed E-state index contributed by atoms with van der Waals surface area (Å²) < 4.78 is 18.1. The lowest BCUT2D eigenvalue weighted by Gasteiger charge is -2.29. The Kier molecular flexibility index (Phi) is 6.13. The van der Waals surface area contributed by atoms with Crippen LogP contribution in [0.15, 0.2) is 34.6 Å². The van der Waals surface area contributed by atoms with Crippen molar-refractivity contribution in [1.82, 2.24) is 14.8 Å². The maximum Gasteiger partial charge on any atom is 0.338 e. The van der Waals surface area contributed by atoms with Crippen molar-refractivity contribution in [2.24, 2.45) is 0 Å². The van der Waals surface area contributed by atoms with Gasteiger partial charge < -0.3 is 19.5 Å². The normalized spacial score (nSPS) is 15.7. The van der Waals surface area contributed by atoms with Gasteiger partial charge >= 0.3 is 5.97 Å². The van der Waals surface area contributed by atoms with E-state index in [9.17, 15) is 4.79 Å². The fourth-order valence-corrected chi connectivity index (χ4v) is 3.76. The molecular weight excluding hydrogens is 380 g/mol. The first kappa shape index (κ1) is 20.1. The van der Waals surface area contributed by atoms with E-state index in [4.69, 9.17) is 14.2 Å². The Morgan fingerprint density at radius 1 is 1.29 bits per heavy atom. The molecular formula is C19H24N4O4S. The predicted octanol–water partition coefficient (Wildman–Crippen LogP) is 3.26. The summed E-state index contributed by atoms with van der Waals surface area (Å²) in [6.07, 6.45) is 0. The fourth-order valence-electron chi connectivity index (χ4n) is 3.21. The summed E-state index contributed by atoms with van der Waals surface area (Å²) in [6.45, 7) is 5.92. The molecule has 0 fully saturated rings. The van der Waals surface area contributed by atoms with Gasteiger partial charge in [-0.15, -0.1) is 5.10 Å². The first-order chi connectivity index (χ1) is 13.5. The molecule has 0 spiro atoms. The molecule has 0 unspecified atom stereocenters. The fraction of sp³-hybridized carbons (Fsp3) is 0.421. The molecule has 1 N–H and O–H groups in total. The van der Waals surface area contributed by atoms with Gasteiger partial charge in [-0.1, -0.05) is 30.8 Å². The van der Waals surface area contributed by atoms with Gasteiger partial charge in [0.1, 0.15) is 6.04 Å². The van der Waals surface area contributed by atoms with Crippen LogP contribution in [-0.4, -0.2) is 47.3 Å². The topological polar surface area (TPSA) is 87.5 Å². The van der Waals surface area contributed by atoms with Crippen molar-refractivity contribution < 1.29 is 19.0 Å². The average Bonchev–Trinajstić information content (AvgIpc) is 3.08. The molecule has 2 aromatic rings. The smallest absolute Gasteiger partial charge is 0.338 e. The molecule has 1 aromatic heterocycles. The highest BCUT2D eigenvalue weighted by molar-refractivity contribution is 7.99. The Labute approximate surface area is 168 Å². The third kappa shape index (κ3) is 3.54. The van der Waals surface area contributed by atoms with E-state index < -0.39 is 12.0 Å². The predicted molar refractivity (Wildman–Crippen MR) is 107 cm³/mol. The Morgan fingerprint density at radius 2 is 2.07 bits per heavy atom. The first-order valence-corrected chi connectivity index (χ1v) is 9.99. The van der Waals surface area contributed by atoms with Gasteiger partial charge in [0.2, 0.25) is 11.1 Å². The van der Waals surface area contributed by atoms with Gasteiger partial charge in [0.05, 0.1) is 26.4 Å². The molecule has 0 amide bonds. The van der Waals surface area contributed by atoms with Gasteiger partial charge in [0, 0.05) is 11.3 Å². The minimum absolute atomic E-state index is 0.277. The second-order valence-electron chi connectivity index (χ2n) is 5.96. The van der Waals surface area contributed by atoms with E-state index in [0.717, 1.165) is 11.3 Å². The number of fused-ring (bicyclic) bond motifs is 1. The first-order valence-electron chi connectivity index (χ1n) is 9.00. The summed E-state index contributed by atoms with van der Waals surface area (Å²) in [6, 6.07) is 5.00. The van der Waals surface area contributed by atoms with E-state index in [1.54, 1.807) is 25.8 Å². The third-order valence-corrected chi connectivity index (χ3v) is 5.05. The quantitative estimate of drug-likeness (QED) is 0.556. The number of anilines is 1. The number of para-hydroxylation sites is 1. The summed E-state index contributed by atoms with van der Waals surface area (Å²) in [5.74, 6) is 2.11. The molecule has 0 bridgehead atoms. The summed E-state index contributed by atoms with van der Waals surface area (Å²) >= 11 is 1.53. The summed E-state index contributed by atoms with van der Waals surface area (Å²) in [5.41, 5.74) is 1.87. The van der Waals surface area contributed by atoms with Gasteiger partial charge in [0.25, 0.3) is 0 Å². The lowest BCUT2D eigenvalue weighted by Crippen LogP contribution is -2.30. The zero-order valence-corrected chi connectivity index (χ0v) is 17.4. The molecule has 1 atom stereocenters. The lowest BCUT2D eigenvalue weighted by atomic mass is 9.94. The minimum atomic E-state index is -0.556. The van der Waals surface area contributed by atoms with Crippen LogP contribution in [0.25, 0.3) is 0 Å². The highest BCUT2D eigenvalue weighted by atomic mass is 32.2. The van der Waals surface area contributed by atoms with Crippen LogP contribution in [0, 0.1) is 0 Å². The number of methoxy groups -OCH3 is 2. The number of thioether (sulfide) groups is 1.